The minimum Gasteiger partial charge on any atom is -0.393 e. The highest BCUT2D eigenvalue weighted by atomic mass is 31.1. The van der Waals surface area contributed by atoms with Crippen LogP contribution in [0.4, 0.5) is 0 Å². The van der Waals surface area contributed by atoms with Gasteiger partial charge in [-0.15, -0.1) is 14.8 Å². The zero-order valence-electron chi connectivity index (χ0n) is 10.7. The molecule has 0 unspecified atom stereocenters. The van der Waals surface area contributed by atoms with E-state index >= 15 is 0 Å². The second-order valence-corrected chi connectivity index (χ2v) is 5.72. The lowest BCUT2D eigenvalue weighted by molar-refractivity contribution is 0.120. The zero-order valence-corrected chi connectivity index (χ0v) is 11.5. The topological polar surface area (TPSA) is 60.7 Å². The van der Waals surface area contributed by atoms with Crippen LogP contribution in [0.2, 0.25) is 0 Å². The van der Waals surface area contributed by atoms with Crippen LogP contribution in [-0.4, -0.2) is 46.1 Å². The van der Waals surface area contributed by atoms with E-state index < -0.39 is 18.3 Å². The number of allylic oxidation sites excluding steroid dienone is 1. The van der Waals surface area contributed by atoms with Gasteiger partial charge in [0.2, 0.25) is 0 Å². The molecule has 0 aromatic carbocycles. The van der Waals surface area contributed by atoms with Gasteiger partial charge in [0.05, 0.1) is 18.3 Å². The summed E-state index contributed by atoms with van der Waals surface area (Å²) in [5.41, 5.74) is 0. The fourth-order valence-electron chi connectivity index (χ4n) is 2.48. The molecule has 0 radical (unpaired) electrons. The minimum absolute atomic E-state index is 0.00640. The molecule has 18 heavy (non-hydrogen) atoms. The highest BCUT2D eigenvalue weighted by Crippen LogP contribution is 2.36. The lowest BCUT2D eigenvalue weighted by atomic mass is 9.90. The van der Waals surface area contributed by atoms with Gasteiger partial charge >= 0.3 is 0 Å². The van der Waals surface area contributed by atoms with Gasteiger partial charge in [-0.1, -0.05) is 24.5 Å². The maximum Gasteiger partial charge on any atom is 0.0727 e. The Morgan fingerprint density at radius 3 is 2.67 bits per heavy atom. The molecule has 0 spiro atoms. The predicted molar refractivity (Wildman–Crippen MR) is 77.1 cm³/mol. The first kappa shape index (κ1) is 15.6. The molecule has 0 aromatic rings. The fourth-order valence-corrected chi connectivity index (χ4v) is 2.92. The van der Waals surface area contributed by atoms with Crippen LogP contribution in [0.3, 0.4) is 0 Å². The molecule has 1 aliphatic rings. The van der Waals surface area contributed by atoms with Crippen LogP contribution in [0.25, 0.3) is 0 Å². The maximum absolute atomic E-state index is 9.91. The van der Waals surface area contributed by atoms with Crippen molar-refractivity contribution in [1.29, 1.82) is 0 Å². The van der Waals surface area contributed by atoms with Crippen molar-refractivity contribution < 1.29 is 15.3 Å². The third kappa shape index (κ3) is 4.33. The number of hydrogen-bond acceptors (Lipinski definition) is 3. The molecule has 1 saturated carbocycles. The van der Waals surface area contributed by atoms with E-state index in [9.17, 15) is 15.3 Å². The Morgan fingerprint density at radius 1 is 1.33 bits per heavy atom. The predicted octanol–water partition coefficient (Wildman–Crippen LogP) is 1.61. The van der Waals surface area contributed by atoms with Gasteiger partial charge in [0.25, 0.3) is 0 Å². The average molecular weight is 270 g/mol. The van der Waals surface area contributed by atoms with Crippen LogP contribution >= 0.6 is 8.20 Å². The molecule has 0 aromatic heterocycles. The zero-order chi connectivity index (χ0) is 13.5. The molecule has 4 heteroatoms. The van der Waals surface area contributed by atoms with E-state index in [2.05, 4.69) is 12.9 Å². The average Bonchev–Trinajstić information content (AvgIpc) is 2.60. The summed E-state index contributed by atoms with van der Waals surface area (Å²) in [6.45, 7) is 3.68. The summed E-state index contributed by atoms with van der Waals surface area (Å²) in [6, 6.07) is 0. The summed E-state index contributed by atoms with van der Waals surface area (Å²) in [6.07, 6.45) is 10.2. The van der Waals surface area contributed by atoms with Crippen molar-refractivity contribution in [2.45, 2.75) is 37.6 Å². The van der Waals surface area contributed by atoms with Crippen molar-refractivity contribution >= 4 is 14.5 Å². The monoisotopic (exact) mass is 270 g/mol. The molecule has 1 rings (SSSR count). The quantitative estimate of drug-likeness (QED) is 0.486. The van der Waals surface area contributed by atoms with Gasteiger partial charge in [0.15, 0.2) is 0 Å². The Bertz CT molecular complexity index is 303. The van der Waals surface area contributed by atoms with Gasteiger partial charge in [0.1, 0.15) is 0 Å². The molecule has 102 valence electrons. The number of rotatable bonds is 7. The second-order valence-electron chi connectivity index (χ2n) is 4.82. The molecular formula is C14H23O3P. The molecule has 0 heterocycles. The number of hydrogen-bond donors (Lipinski definition) is 3. The van der Waals surface area contributed by atoms with Crippen molar-refractivity contribution in [2.24, 2.45) is 11.8 Å². The Kier molecular flexibility index (Phi) is 6.80. The summed E-state index contributed by atoms with van der Waals surface area (Å²) < 4.78 is 0. The van der Waals surface area contributed by atoms with Crippen LogP contribution in [0.15, 0.2) is 24.8 Å². The van der Waals surface area contributed by atoms with Crippen molar-refractivity contribution in [1.82, 2.24) is 0 Å². The summed E-state index contributed by atoms with van der Waals surface area (Å²) in [5, 5.41) is 29.5. The second kappa shape index (κ2) is 7.85. The van der Waals surface area contributed by atoms with E-state index in [1.807, 2.05) is 6.08 Å². The van der Waals surface area contributed by atoms with Gasteiger partial charge < -0.3 is 15.3 Å². The smallest absolute Gasteiger partial charge is 0.0727 e. The first-order valence-electron chi connectivity index (χ1n) is 6.36. The van der Waals surface area contributed by atoms with Crippen LogP contribution in [0, 0.1) is 11.8 Å². The summed E-state index contributed by atoms with van der Waals surface area (Å²) in [7, 11) is 1.03. The highest BCUT2D eigenvalue weighted by molar-refractivity contribution is 7.36. The van der Waals surface area contributed by atoms with Crippen molar-refractivity contribution in [3.63, 3.8) is 0 Å². The third-order valence-electron chi connectivity index (χ3n) is 3.49. The van der Waals surface area contributed by atoms with Crippen LogP contribution in [-0.2, 0) is 0 Å². The molecule has 3 N–H and O–H groups in total. The van der Waals surface area contributed by atoms with E-state index in [1.165, 1.54) is 0 Å². The fraction of sp³-hybridized carbons (Fsp3) is 0.643. The van der Waals surface area contributed by atoms with Gasteiger partial charge in [-0.05, 0) is 24.9 Å². The molecule has 1 aliphatic carbocycles. The van der Waals surface area contributed by atoms with Gasteiger partial charge in [-0.3, -0.25) is 0 Å². The maximum atomic E-state index is 9.91. The van der Waals surface area contributed by atoms with Gasteiger partial charge in [-0.2, -0.15) is 0 Å². The van der Waals surface area contributed by atoms with E-state index in [-0.39, 0.29) is 11.8 Å². The Morgan fingerprint density at radius 2 is 2.06 bits per heavy atom. The molecular weight excluding hydrogens is 247 g/mol. The first-order valence-corrected chi connectivity index (χ1v) is 7.62. The van der Waals surface area contributed by atoms with E-state index in [0.29, 0.717) is 19.3 Å². The van der Waals surface area contributed by atoms with Crippen LogP contribution in [0.5, 0.6) is 0 Å². The molecule has 0 aliphatic heterocycles. The lowest BCUT2D eigenvalue weighted by Crippen LogP contribution is -2.20. The summed E-state index contributed by atoms with van der Waals surface area (Å²) in [5.74, 6) is -0.0862. The van der Waals surface area contributed by atoms with Gasteiger partial charge in [0, 0.05) is 12.3 Å². The van der Waals surface area contributed by atoms with Gasteiger partial charge in [-0.25, -0.2) is 0 Å². The first-order chi connectivity index (χ1) is 8.60. The highest BCUT2D eigenvalue weighted by Gasteiger charge is 2.39. The van der Waals surface area contributed by atoms with Crippen molar-refractivity contribution in [3.05, 3.63) is 24.8 Å². The molecule has 0 bridgehead atoms. The Hall–Kier alpha value is -0.470. The Balaban J connectivity index is 2.59. The minimum atomic E-state index is -0.528. The van der Waals surface area contributed by atoms with E-state index in [0.717, 1.165) is 14.4 Å². The summed E-state index contributed by atoms with van der Waals surface area (Å²) >= 11 is 0. The SMILES string of the molecule is C=CC[C@@H]1[C@@H](/C=C/[C@@H](O)CCP=C)[C@H](O)C[C@@H]1O. The van der Waals surface area contributed by atoms with Crippen LogP contribution < -0.4 is 0 Å². The molecule has 3 nitrogen and oxygen atoms in total. The van der Waals surface area contributed by atoms with Crippen molar-refractivity contribution in [2.75, 3.05) is 6.16 Å². The molecule has 1 fully saturated rings. The standard InChI is InChI=1S/C14H23O3P/c1-3-4-11-12(14(17)9-13(11)16)6-5-10(15)7-8-18-2/h3,5-6,10-17H,1-2,4,7-9H2/b6-5+/t10-,11-,12-,13+,14-/m1/s1. The normalized spacial score (nSPS) is 34.2. The Labute approximate surface area is 111 Å². The lowest BCUT2D eigenvalue weighted by Gasteiger charge is -2.19. The van der Waals surface area contributed by atoms with Crippen LogP contribution in [0.1, 0.15) is 19.3 Å². The molecule has 0 saturated heterocycles. The number of aliphatic hydroxyl groups is 3. The van der Waals surface area contributed by atoms with E-state index in [1.54, 1.807) is 12.2 Å². The largest absolute Gasteiger partial charge is 0.393 e. The summed E-state index contributed by atoms with van der Waals surface area (Å²) in [4.78, 5) is 0. The van der Waals surface area contributed by atoms with Crippen molar-refractivity contribution in [3.8, 4) is 0 Å². The van der Waals surface area contributed by atoms with E-state index in [4.69, 9.17) is 0 Å². The third-order valence-corrected chi connectivity index (χ3v) is 4.07. The molecule has 0 amide bonds. The molecule has 5 atom stereocenters. The number of aliphatic hydroxyl groups excluding tert-OH is 3.